The lowest BCUT2D eigenvalue weighted by Crippen LogP contribution is -1.96. The van der Waals surface area contributed by atoms with Crippen molar-refractivity contribution in [1.82, 2.24) is 15.0 Å². The van der Waals surface area contributed by atoms with E-state index in [1.165, 1.54) is 12.1 Å². The molecule has 0 saturated heterocycles. The molecule has 6 heteroatoms. The minimum Gasteiger partial charge on any atom is -0.396 e. The first kappa shape index (κ1) is 13.7. The van der Waals surface area contributed by atoms with E-state index in [4.69, 9.17) is 4.98 Å². The Morgan fingerprint density at radius 2 is 2.17 bits per heavy atom. The number of benzene rings is 1. The summed E-state index contributed by atoms with van der Waals surface area (Å²) in [7, 11) is 0. The van der Waals surface area contributed by atoms with Crippen molar-refractivity contribution >= 4 is 11.5 Å². The summed E-state index contributed by atoms with van der Waals surface area (Å²) in [5, 5.41) is 12.5. The van der Waals surface area contributed by atoms with Crippen LogP contribution >= 0.6 is 0 Å². The molecule has 1 aliphatic heterocycles. The Bertz CT molecular complexity index is 952. The van der Waals surface area contributed by atoms with Crippen LogP contribution in [0.4, 0.5) is 15.9 Å². The fourth-order valence-corrected chi connectivity index (χ4v) is 3.40. The number of aromatic nitrogens is 3. The Balaban J connectivity index is 1.74. The van der Waals surface area contributed by atoms with Crippen molar-refractivity contribution in [3.05, 3.63) is 48.2 Å². The van der Waals surface area contributed by atoms with Gasteiger partial charge in [-0.25, -0.2) is 14.4 Å². The van der Waals surface area contributed by atoms with Gasteiger partial charge in [-0.1, -0.05) is 0 Å². The molecule has 0 spiro atoms. The lowest BCUT2D eigenvalue weighted by atomic mass is 10.1. The predicted octanol–water partition coefficient (Wildman–Crippen LogP) is 3.43. The van der Waals surface area contributed by atoms with Crippen molar-refractivity contribution in [3.8, 4) is 22.5 Å². The number of halogens is 1. The van der Waals surface area contributed by atoms with Crippen LogP contribution in [0, 0.1) is 11.7 Å². The van der Waals surface area contributed by atoms with Crippen molar-refractivity contribution in [3.63, 3.8) is 0 Å². The zero-order valence-corrected chi connectivity index (χ0v) is 12.8. The average Bonchev–Trinajstić information content (AvgIpc) is 3.28. The van der Waals surface area contributed by atoms with Gasteiger partial charge in [-0.15, -0.1) is 0 Å². The van der Waals surface area contributed by atoms with E-state index in [0.717, 1.165) is 34.8 Å². The normalized spacial score (nSPS) is 20.4. The van der Waals surface area contributed by atoms with E-state index in [1.54, 1.807) is 12.3 Å². The molecule has 2 atom stereocenters. The molecular weight excluding hydrogens is 307 g/mol. The molecule has 0 bridgehead atoms. The zero-order valence-electron chi connectivity index (χ0n) is 12.8. The molecule has 1 saturated carbocycles. The second kappa shape index (κ2) is 4.88. The molecule has 2 aliphatic rings. The third-order valence-electron chi connectivity index (χ3n) is 4.80. The largest absolute Gasteiger partial charge is 0.396 e. The summed E-state index contributed by atoms with van der Waals surface area (Å²) >= 11 is 0. The Morgan fingerprint density at radius 3 is 3.00 bits per heavy atom. The monoisotopic (exact) mass is 322 g/mol. The van der Waals surface area contributed by atoms with E-state index in [-0.39, 0.29) is 24.3 Å². The lowest BCUT2D eigenvalue weighted by molar-refractivity contribution is 0.273. The molecule has 0 radical (unpaired) electrons. The molecule has 2 aromatic heterocycles. The molecule has 120 valence electrons. The number of fused-ring (bicyclic) bond motifs is 5. The average molecular weight is 322 g/mol. The fourth-order valence-electron chi connectivity index (χ4n) is 3.40. The van der Waals surface area contributed by atoms with Gasteiger partial charge in [0, 0.05) is 29.8 Å². The first-order chi connectivity index (χ1) is 11.7. The number of hydrogen-bond donors (Lipinski definition) is 3. The lowest BCUT2D eigenvalue weighted by Gasteiger charge is -2.08. The van der Waals surface area contributed by atoms with Crippen LogP contribution in [0.3, 0.4) is 0 Å². The van der Waals surface area contributed by atoms with Gasteiger partial charge in [0.25, 0.3) is 0 Å². The van der Waals surface area contributed by atoms with Crippen LogP contribution in [0.25, 0.3) is 22.5 Å². The highest BCUT2D eigenvalue weighted by atomic mass is 19.1. The minimum atomic E-state index is -0.305. The summed E-state index contributed by atoms with van der Waals surface area (Å²) < 4.78 is 13.7. The van der Waals surface area contributed by atoms with Crippen LogP contribution in [0.2, 0.25) is 0 Å². The van der Waals surface area contributed by atoms with Crippen LogP contribution in [0.5, 0.6) is 0 Å². The summed E-state index contributed by atoms with van der Waals surface area (Å²) in [6.45, 7) is 0.178. The predicted molar refractivity (Wildman–Crippen MR) is 88.4 cm³/mol. The van der Waals surface area contributed by atoms with Crippen molar-refractivity contribution in [2.45, 2.75) is 12.3 Å². The second-order valence-electron chi connectivity index (χ2n) is 6.34. The van der Waals surface area contributed by atoms with Crippen LogP contribution in [-0.4, -0.2) is 26.7 Å². The summed E-state index contributed by atoms with van der Waals surface area (Å²) in [6, 6.07) is 8.48. The maximum absolute atomic E-state index is 13.7. The third-order valence-corrected chi connectivity index (χ3v) is 4.80. The molecule has 0 amide bonds. The minimum absolute atomic E-state index is 0.178. The number of nitrogens with zero attached hydrogens (tertiary/aromatic N) is 2. The van der Waals surface area contributed by atoms with Gasteiger partial charge in [0.15, 0.2) is 0 Å². The van der Waals surface area contributed by atoms with Gasteiger partial charge in [-0.2, -0.15) is 0 Å². The van der Waals surface area contributed by atoms with Crippen molar-refractivity contribution in [1.29, 1.82) is 0 Å². The molecule has 3 aromatic rings. The van der Waals surface area contributed by atoms with Crippen LogP contribution in [0.1, 0.15) is 18.2 Å². The SMILES string of the molecule is OC[C@H]1CC1c1nc2c([nH]1)-c1cccnc1Nc1cc(F)ccc1-2. The molecular formula is C18H15FN4O. The highest BCUT2D eigenvalue weighted by Crippen LogP contribution is 2.49. The highest BCUT2D eigenvalue weighted by Gasteiger charge is 2.41. The Labute approximate surface area is 137 Å². The molecule has 5 rings (SSSR count). The van der Waals surface area contributed by atoms with Gasteiger partial charge in [-0.05, 0) is 42.7 Å². The van der Waals surface area contributed by atoms with E-state index in [1.807, 2.05) is 12.1 Å². The van der Waals surface area contributed by atoms with Gasteiger partial charge >= 0.3 is 0 Å². The number of aliphatic hydroxyl groups is 1. The first-order valence-corrected chi connectivity index (χ1v) is 7.97. The van der Waals surface area contributed by atoms with Crippen LogP contribution in [0.15, 0.2) is 36.5 Å². The topological polar surface area (TPSA) is 73.8 Å². The molecule has 1 fully saturated rings. The van der Waals surface area contributed by atoms with E-state index in [9.17, 15) is 9.50 Å². The van der Waals surface area contributed by atoms with E-state index < -0.39 is 0 Å². The van der Waals surface area contributed by atoms with Crippen LogP contribution < -0.4 is 5.32 Å². The summed E-state index contributed by atoms with van der Waals surface area (Å²) in [5.74, 6) is 1.79. The molecule has 24 heavy (non-hydrogen) atoms. The highest BCUT2D eigenvalue weighted by molar-refractivity contribution is 5.94. The van der Waals surface area contributed by atoms with Crippen molar-refractivity contribution in [2.24, 2.45) is 5.92 Å². The Hall–Kier alpha value is -2.73. The van der Waals surface area contributed by atoms with Crippen molar-refractivity contribution in [2.75, 3.05) is 11.9 Å². The standard InChI is InChI=1S/C18H15FN4O/c19-10-3-4-11-14(7-10)21-17-12(2-1-5-20-17)16-15(11)22-18(23-16)13-6-9(13)8-24/h1-5,7,9,13,24H,6,8H2,(H,20,21)(H,22,23)/t9-,13?/m1/s1. The van der Waals surface area contributed by atoms with Crippen molar-refractivity contribution < 1.29 is 9.50 Å². The molecule has 1 unspecified atom stereocenters. The second-order valence-corrected chi connectivity index (χ2v) is 6.34. The van der Waals surface area contributed by atoms with Gasteiger partial charge < -0.3 is 15.4 Å². The number of aromatic amines is 1. The zero-order chi connectivity index (χ0) is 16.3. The summed E-state index contributed by atoms with van der Waals surface area (Å²) in [6.07, 6.45) is 2.65. The number of anilines is 2. The number of pyridine rings is 1. The maximum atomic E-state index is 13.7. The van der Waals surface area contributed by atoms with Gasteiger partial charge in [0.05, 0.1) is 17.1 Å². The Kier molecular flexibility index (Phi) is 2.78. The quantitative estimate of drug-likeness (QED) is 0.528. The number of imidazole rings is 1. The van der Waals surface area contributed by atoms with Crippen LogP contribution in [-0.2, 0) is 0 Å². The molecule has 1 aliphatic carbocycles. The third kappa shape index (κ3) is 1.96. The number of H-pyrrole nitrogens is 1. The number of nitrogens with one attached hydrogen (secondary N) is 2. The maximum Gasteiger partial charge on any atom is 0.139 e. The Morgan fingerprint density at radius 1 is 1.25 bits per heavy atom. The molecule has 1 aromatic carbocycles. The van der Waals surface area contributed by atoms with E-state index in [0.29, 0.717) is 11.5 Å². The summed E-state index contributed by atoms with van der Waals surface area (Å²) in [4.78, 5) is 12.6. The van der Waals surface area contributed by atoms with Gasteiger partial charge in [0.1, 0.15) is 17.5 Å². The fraction of sp³-hybridized carbons (Fsp3) is 0.222. The molecule has 5 nitrogen and oxygen atoms in total. The van der Waals surface area contributed by atoms with E-state index in [2.05, 4.69) is 15.3 Å². The van der Waals surface area contributed by atoms with Gasteiger partial charge in [0.2, 0.25) is 0 Å². The summed E-state index contributed by atoms with van der Waals surface area (Å²) in [5.41, 5.74) is 4.08. The number of aliphatic hydroxyl groups excluding tert-OH is 1. The van der Waals surface area contributed by atoms with E-state index >= 15 is 0 Å². The number of hydrogen-bond acceptors (Lipinski definition) is 4. The number of rotatable bonds is 2. The molecule has 3 N–H and O–H groups in total. The van der Waals surface area contributed by atoms with Gasteiger partial charge in [-0.3, -0.25) is 0 Å². The molecule has 3 heterocycles. The first-order valence-electron chi connectivity index (χ1n) is 7.97. The smallest absolute Gasteiger partial charge is 0.139 e.